The number of hydrogen-bond donors (Lipinski definition) is 3. The lowest BCUT2D eigenvalue weighted by Gasteiger charge is -1.96. The van der Waals surface area contributed by atoms with Gasteiger partial charge >= 0.3 is 0 Å². The number of hydrogen-bond acceptors (Lipinski definition) is 4. The van der Waals surface area contributed by atoms with Crippen LogP contribution in [0.3, 0.4) is 0 Å². The minimum Gasteiger partial charge on any atom is -0.399 e. The molecule has 14 heavy (non-hydrogen) atoms. The summed E-state index contributed by atoms with van der Waals surface area (Å²) in [7, 11) is -3.58. The molecule has 1 aromatic carbocycles. The predicted octanol–water partition coefficient (Wildman–Crippen LogP) is -0.0852. The Morgan fingerprint density at radius 1 is 1.29 bits per heavy atom. The van der Waals surface area contributed by atoms with Crippen molar-refractivity contribution in [2.45, 2.75) is 11.8 Å². The van der Waals surface area contributed by atoms with E-state index in [-0.39, 0.29) is 11.5 Å². The van der Waals surface area contributed by atoms with E-state index in [2.05, 4.69) is 0 Å². The van der Waals surface area contributed by atoms with Crippen molar-refractivity contribution < 1.29 is 13.5 Å². The van der Waals surface area contributed by atoms with Crippen molar-refractivity contribution in [3.63, 3.8) is 0 Å². The number of rotatable bonds is 1. The minimum absolute atomic E-state index is 0.0756. The van der Waals surface area contributed by atoms with E-state index in [4.69, 9.17) is 16.0 Å². The molecule has 5 N–H and O–H groups in total. The molecule has 0 aliphatic heterocycles. The summed E-state index contributed by atoms with van der Waals surface area (Å²) in [4.78, 5) is 0.0756. The second-order valence-corrected chi connectivity index (χ2v) is 3.99. The maximum Gasteiger partial charge on any atom is 0.238 e. The number of aliphatic hydroxyl groups excluding tert-OH is 1. The highest BCUT2D eigenvalue weighted by Crippen LogP contribution is 2.08. The van der Waals surface area contributed by atoms with Crippen LogP contribution in [0.1, 0.15) is 6.92 Å². The van der Waals surface area contributed by atoms with Crippen LogP contribution in [0, 0.1) is 0 Å². The third-order valence-electron chi connectivity index (χ3n) is 1.21. The molecule has 0 spiro atoms. The molecule has 0 saturated carbocycles. The molecule has 0 radical (unpaired) electrons. The normalized spacial score (nSPS) is 10.2. The molecule has 0 aliphatic carbocycles. The van der Waals surface area contributed by atoms with Gasteiger partial charge in [0.2, 0.25) is 10.0 Å². The van der Waals surface area contributed by atoms with Crippen molar-refractivity contribution in [1.29, 1.82) is 0 Å². The van der Waals surface area contributed by atoms with E-state index >= 15 is 0 Å². The van der Waals surface area contributed by atoms with Gasteiger partial charge in [-0.2, -0.15) is 0 Å². The largest absolute Gasteiger partial charge is 0.399 e. The van der Waals surface area contributed by atoms with Crippen LogP contribution in [-0.4, -0.2) is 20.1 Å². The first-order chi connectivity index (χ1) is 6.41. The molecular weight excluding hydrogens is 204 g/mol. The van der Waals surface area contributed by atoms with Crippen molar-refractivity contribution in [3.8, 4) is 0 Å². The van der Waals surface area contributed by atoms with Gasteiger partial charge in [0.1, 0.15) is 0 Å². The Morgan fingerprint density at radius 2 is 1.64 bits per heavy atom. The van der Waals surface area contributed by atoms with Gasteiger partial charge in [0, 0.05) is 12.3 Å². The van der Waals surface area contributed by atoms with Crippen LogP contribution in [0.2, 0.25) is 0 Å². The third kappa shape index (κ3) is 4.80. The van der Waals surface area contributed by atoms with E-state index in [0.717, 1.165) is 0 Å². The summed E-state index contributed by atoms with van der Waals surface area (Å²) in [5, 5.41) is 12.4. The molecule has 0 aromatic heterocycles. The van der Waals surface area contributed by atoms with E-state index in [0.29, 0.717) is 5.69 Å². The second kappa shape index (κ2) is 5.58. The fourth-order valence-electron chi connectivity index (χ4n) is 0.658. The summed E-state index contributed by atoms with van der Waals surface area (Å²) in [5.41, 5.74) is 5.85. The Hall–Kier alpha value is -1.11. The van der Waals surface area contributed by atoms with Gasteiger partial charge < -0.3 is 10.8 Å². The molecule has 0 aliphatic rings. The van der Waals surface area contributed by atoms with Gasteiger partial charge in [-0.15, -0.1) is 0 Å². The number of nitrogens with two attached hydrogens (primary N) is 2. The Labute approximate surface area is 83.4 Å². The standard InChI is InChI=1S/C6H8N2O2S.C2H6O/c7-5-1-3-6(4-2-5)11(8,9)10;1-2-3/h1-4H,7H2,(H2,8,9,10);3H,2H2,1H3. The van der Waals surface area contributed by atoms with Crippen LogP contribution in [0.15, 0.2) is 29.2 Å². The minimum atomic E-state index is -3.58. The first-order valence-electron chi connectivity index (χ1n) is 3.91. The molecule has 80 valence electrons. The van der Waals surface area contributed by atoms with Crippen LogP contribution in [0.5, 0.6) is 0 Å². The zero-order valence-electron chi connectivity index (χ0n) is 7.84. The highest BCUT2D eigenvalue weighted by atomic mass is 32.2. The van der Waals surface area contributed by atoms with Gasteiger partial charge in [-0.1, -0.05) is 0 Å². The van der Waals surface area contributed by atoms with Crippen molar-refractivity contribution in [2.24, 2.45) is 5.14 Å². The van der Waals surface area contributed by atoms with Gasteiger partial charge in [0.25, 0.3) is 0 Å². The van der Waals surface area contributed by atoms with Gasteiger partial charge in [-0.05, 0) is 31.2 Å². The summed E-state index contributed by atoms with van der Waals surface area (Å²) in [6, 6.07) is 5.70. The number of primary sulfonamides is 1. The van der Waals surface area contributed by atoms with Crippen LogP contribution in [-0.2, 0) is 10.0 Å². The van der Waals surface area contributed by atoms with Gasteiger partial charge in [0.05, 0.1) is 4.90 Å². The quantitative estimate of drug-likeness (QED) is 0.573. The predicted molar refractivity (Wildman–Crippen MR) is 55.0 cm³/mol. The average Bonchev–Trinajstić information content (AvgIpc) is 2.04. The molecule has 0 heterocycles. The van der Waals surface area contributed by atoms with E-state index in [1.165, 1.54) is 24.3 Å². The lowest BCUT2D eigenvalue weighted by atomic mass is 10.3. The molecule has 0 unspecified atom stereocenters. The summed E-state index contributed by atoms with van der Waals surface area (Å²) in [5.74, 6) is 0. The first-order valence-corrected chi connectivity index (χ1v) is 5.45. The Balaban J connectivity index is 0.000000500. The van der Waals surface area contributed by atoms with Crippen molar-refractivity contribution in [2.75, 3.05) is 12.3 Å². The van der Waals surface area contributed by atoms with Crippen molar-refractivity contribution in [3.05, 3.63) is 24.3 Å². The number of aliphatic hydroxyl groups is 1. The Kier molecular flexibility index (Phi) is 5.14. The molecule has 0 saturated heterocycles. The van der Waals surface area contributed by atoms with Crippen molar-refractivity contribution in [1.82, 2.24) is 0 Å². The summed E-state index contributed by atoms with van der Waals surface area (Å²) < 4.78 is 21.4. The summed E-state index contributed by atoms with van der Waals surface area (Å²) in [6.07, 6.45) is 0. The maximum absolute atomic E-state index is 10.7. The lowest BCUT2D eigenvalue weighted by molar-refractivity contribution is 0.318. The lowest BCUT2D eigenvalue weighted by Crippen LogP contribution is -2.11. The molecule has 1 rings (SSSR count). The van der Waals surface area contributed by atoms with E-state index < -0.39 is 10.0 Å². The van der Waals surface area contributed by atoms with E-state index in [1.807, 2.05) is 0 Å². The average molecular weight is 218 g/mol. The van der Waals surface area contributed by atoms with Crippen molar-refractivity contribution >= 4 is 15.7 Å². The van der Waals surface area contributed by atoms with Crippen LogP contribution in [0.4, 0.5) is 5.69 Å². The summed E-state index contributed by atoms with van der Waals surface area (Å²) in [6.45, 7) is 1.93. The smallest absolute Gasteiger partial charge is 0.238 e. The van der Waals surface area contributed by atoms with Crippen LogP contribution >= 0.6 is 0 Å². The fraction of sp³-hybridized carbons (Fsp3) is 0.250. The Morgan fingerprint density at radius 3 is 1.93 bits per heavy atom. The molecular formula is C8H14N2O3S. The van der Waals surface area contributed by atoms with Gasteiger partial charge in [-0.3, -0.25) is 0 Å². The van der Waals surface area contributed by atoms with Crippen LogP contribution in [0.25, 0.3) is 0 Å². The van der Waals surface area contributed by atoms with E-state index in [1.54, 1.807) is 6.92 Å². The fourth-order valence-corrected chi connectivity index (χ4v) is 1.17. The third-order valence-corrected chi connectivity index (χ3v) is 2.14. The SMILES string of the molecule is CCO.Nc1ccc(S(N)(=O)=O)cc1. The second-order valence-electron chi connectivity index (χ2n) is 2.43. The monoisotopic (exact) mass is 218 g/mol. The molecule has 0 atom stereocenters. The molecule has 0 bridgehead atoms. The van der Waals surface area contributed by atoms with Gasteiger partial charge in [-0.25, -0.2) is 13.6 Å². The molecule has 5 nitrogen and oxygen atoms in total. The molecule has 0 fully saturated rings. The zero-order valence-corrected chi connectivity index (χ0v) is 8.66. The molecule has 6 heteroatoms. The number of sulfonamides is 1. The maximum atomic E-state index is 10.7. The summed E-state index contributed by atoms with van der Waals surface area (Å²) >= 11 is 0. The highest BCUT2D eigenvalue weighted by Gasteiger charge is 2.04. The Bertz CT molecular complexity index is 359. The van der Waals surface area contributed by atoms with Crippen LogP contribution < -0.4 is 10.9 Å². The van der Waals surface area contributed by atoms with E-state index in [9.17, 15) is 8.42 Å². The molecule has 1 aromatic rings. The zero-order chi connectivity index (χ0) is 11.2. The molecule has 0 amide bonds. The van der Waals surface area contributed by atoms with Gasteiger partial charge in [0.15, 0.2) is 0 Å². The highest BCUT2D eigenvalue weighted by molar-refractivity contribution is 7.89. The number of nitrogen functional groups attached to an aromatic ring is 1. The number of anilines is 1. The first kappa shape index (κ1) is 12.9. The number of benzene rings is 1. The topological polar surface area (TPSA) is 106 Å².